The lowest BCUT2D eigenvalue weighted by Gasteiger charge is -2.20. The maximum absolute atomic E-state index is 9.17. The molecular weight excluding hydrogens is 260 g/mol. The van der Waals surface area contributed by atoms with Crippen LogP contribution < -0.4 is 0 Å². The van der Waals surface area contributed by atoms with Gasteiger partial charge in [-0.3, -0.25) is 0 Å². The zero-order chi connectivity index (χ0) is 15.8. The van der Waals surface area contributed by atoms with Crippen LogP contribution in [0.1, 0.15) is 58.5 Å². The fourth-order valence-electron chi connectivity index (χ4n) is 2.22. The molecule has 0 aliphatic heterocycles. The van der Waals surface area contributed by atoms with E-state index in [1.165, 1.54) is 5.69 Å². The Morgan fingerprint density at radius 2 is 1.52 bits per heavy atom. The molecule has 1 aromatic heterocycles. The summed E-state index contributed by atoms with van der Waals surface area (Å²) in [4.78, 5) is 0. The highest BCUT2D eigenvalue weighted by molar-refractivity contribution is 5.38. The summed E-state index contributed by atoms with van der Waals surface area (Å²) in [5, 5.41) is 14.0. The van der Waals surface area contributed by atoms with Gasteiger partial charge in [0.1, 0.15) is 0 Å². The van der Waals surface area contributed by atoms with E-state index in [-0.39, 0.29) is 17.4 Å². The van der Waals surface area contributed by atoms with Gasteiger partial charge in [0.2, 0.25) is 0 Å². The van der Waals surface area contributed by atoms with Crippen molar-refractivity contribution in [3.63, 3.8) is 0 Å². The molecule has 1 N–H and O–H groups in total. The molecule has 0 spiro atoms. The average Bonchev–Trinajstić information content (AvgIpc) is 2.83. The fourth-order valence-corrected chi connectivity index (χ4v) is 2.22. The molecule has 0 aliphatic rings. The molecule has 1 aromatic carbocycles. The number of aliphatic hydroxyl groups excluding tert-OH is 1. The molecule has 3 heteroatoms. The van der Waals surface area contributed by atoms with Crippen molar-refractivity contribution < 1.29 is 5.11 Å². The first-order valence-corrected chi connectivity index (χ1v) is 7.44. The molecule has 0 saturated heterocycles. The van der Waals surface area contributed by atoms with Crippen LogP contribution in [0.4, 0.5) is 0 Å². The van der Waals surface area contributed by atoms with E-state index in [4.69, 9.17) is 5.10 Å². The monoisotopic (exact) mass is 286 g/mol. The molecule has 1 heterocycles. The third-order valence-corrected chi connectivity index (χ3v) is 3.61. The minimum absolute atomic E-state index is 0.0200. The maximum Gasteiger partial charge on any atom is 0.0685 e. The largest absolute Gasteiger partial charge is 0.392 e. The fraction of sp³-hybridized carbons (Fsp3) is 0.500. The Bertz CT molecular complexity index is 610. The lowest BCUT2D eigenvalue weighted by molar-refractivity contribution is 0.282. The van der Waals surface area contributed by atoms with Gasteiger partial charge in [-0.1, -0.05) is 53.7 Å². The second-order valence-corrected chi connectivity index (χ2v) is 7.65. The van der Waals surface area contributed by atoms with Crippen LogP contribution in [0.5, 0.6) is 0 Å². The number of nitrogens with zero attached hydrogens (tertiary/aromatic N) is 2. The van der Waals surface area contributed by atoms with Crippen molar-refractivity contribution >= 4 is 0 Å². The van der Waals surface area contributed by atoms with E-state index in [2.05, 4.69) is 47.6 Å². The van der Waals surface area contributed by atoms with Gasteiger partial charge in [0.25, 0.3) is 0 Å². The number of hydrogen-bond donors (Lipinski definition) is 1. The second-order valence-electron chi connectivity index (χ2n) is 7.65. The molecule has 114 valence electrons. The quantitative estimate of drug-likeness (QED) is 0.907. The lowest BCUT2D eigenvalue weighted by Crippen LogP contribution is -2.17. The Kier molecular flexibility index (Phi) is 3.98. The topological polar surface area (TPSA) is 38.0 Å². The minimum Gasteiger partial charge on any atom is -0.392 e. The van der Waals surface area contributed by atoms with Gasteiger partial charge < -0.3 is 5.11 Å². The van der Waals surface area contributed by atoms with Crippen LogP contribution in [-0.2, 0) is 17.4 Å². The molecule has 2 aromatic rings. The summed E-state index contributed by atoms with van der Waals surface area (Å²) in [6, 6.07) is 10.1. The Hall–Kier alpha value is -1.61. The van der Waals surface area contributed by atoms with Gasteiger partial charge in [0.15, 0.2) is 0 Å². The number of aliphatic hydroxyl groups is 1. The molecule has 0 bridgehead atoms. The van der Waals surface area contributed by atoms with E-state index in [9.17, 15) is 5.11 Å². The van der Waals surface area contributed by atoms with Crippen molar-refractivity contribution in [1.82, 2.24) is 9.78 Å². The third kappa shape index (κ3) is 3.35. The Morgan fingerprint density at radius 3 is 1.95 bits per heavy atom. The van der Waals surface area contributed by atoms with E-state index in [1.54, 1.807) is 0 Å². The Balaban J connectivity index is 2.57. The number of benzene rings is 1. The third-order valence-electron chi connectivity index (χ3n) is 3.61. The van der Waals surface area contributed by atoms with Crippen LogP contribution in [0, 0.1) is 0 Å². The van der Waals surface area contributed by atoms with E-state index in [1.807, 2.05) is 28.9 Å². The summed E-state index contributed by atoms with van der Waals surface area (Å²) >= 11 is 0. The van der Waals surface area contributed by atoms with Gasteiger partial charge in [-0.25, -0.2) is 4.68 Å². The molecular formula is C18H26N2O. The van der Waals surface area contributed by atoms with Crippen LogP contribution in [0.25, 0.3) is 5.69 Å². The van der Waals surface area contributed by atoms with Crippen molar-refractivity contribution in [2.75, 3.05) is 0 Å². The normalized spacial score (nSPS) is 12.7. The number of hydrogen-bond acceptors (Lipinski definition) is 2. The highest BCUT2D eigenvalue weighted by Gasteiger charge is 2.26. The van der Waals surface area contributed by atoms with Crippen LogP contribution in [0.2, 0.25) is 0 Å². The Labute approximate surface area is 127 Å². The summed E-state index contributed by atoms with van der Waals surface area (Å²) in [6.45, 7) is 13.2. The zero-order valence-corrected chi connectivity index (χ0v) is 13.9. The summed E-state index contributed by atoms with van der Waals surface area (Å²) in [5.41, 5.74) is 4.29. The predicted octanol–water partition coefficient (Wildman–Crippen LogP) is 3.96. The first-order valence-electron chi connectivity index (χ1n) is 7.44. The van der Waals surface area contributed by atoms with E-state index < -0.39 is 0 Å². The first kappa shape index (κ1) is 15.8. The number of rotatable bonds is 2. The highest BCUT2D eigenvalue weighted by atomic mass is 16.3. The van der Waals surface area contributed by atoms with Crippen molar-refractivity contribution in [3.05, 3.63) is 47.3 Å². The van der Waals surface area contributed by atoms with Crippen LogP contribution in [0.15, 0.2) is 30.3 Å². The van der Waals surface area contributed by atoms with Gasteiger partial charge in [-0.05, 0) is 23.8 Å². The highest BCUT2D eigenvalue weighted by Crippen LogP contribution is 2.30. The molecule has 0 saturated carbocycles. The number of aromatic nitrogens is 2. The average molecular weight is 286 g/mol. The van der Waals surface area contributed by atoms with Gasteiger partial charge in [0.05, 0.1) is 18.0 Å². The predicted molar refractivity (Wildman–Crippen MR) is 86.9 cm³/mol. The molecule has 0 radical (unpaired) electrons. The summed E-state index contributed by atoms with van der Waals surface area (Å²) < 4.78 is 2.03. The van der Waals surface area contributed by atoms with Gasteiger partial charge in [-0.2, -0.15) is 5.10 Å². The van der Waals surface area contributed by atoms with Crippen LogP contribution in [-0.4, -0.2) is 14.9 Å². The summed E-state index contributed by atoms with van der Waals surface area (Å²) in [6.07, 6.45) is 0. The molecule has 3 nitrogen and oxygen atoms in total. The van der Waals surface area contributed by atoms with Crippen LogP contribution >= 0.6 is 0 Å². The standard InChI is InChI=1S/C18H26N2O/c1-17(2,3)15-11-16(18(4,5)6)20(19-15)14-9-7-13(12-21)8-10-14/h7-11,21H,12H2,1-6H3. The summed E-state index contributed by atoms with van der Waals surface area (Å²) in [7, 11) is 0. The molecule has 0 amide bonds. The van der Waals surface area contributed by atoms with Crippen molar-refractivity contribution in [2.45, 2.75) is 59.0 Å². The minimum atomic E-state index is 0.0200. The van der Waals surface area contributed by atoms with Gasteiger partial charge in [0, 0.05) is 16.5 Å². The van der Waals surface area contributed by atoms with E-state index in [0.717, 1.165) is 16.9 Å². The SMILES string of the molecule is CC(C)(C)c1cc(C(C)(C)C)n(-c2ccc(CO)cc2)n1. The van der Waals surface area contributed by atoms with Crippen molar-refractivity contribution in [1.29, 1.82) is 0 Å². The van der Waals surface area contributed by atoms with E-state index in [0.29, 0.717) is 0 Å². The molecule has 2 rings (SSSR count). The Morgan fingerprint density at radius 1 is 0.952 bits per heavy atom. The smallest absolute Gasteiger partial charge is 0.0685 e. The van der Waals surface area contributed by atoms with Crippen molar-refractivity contribution in [3.8, 4) is 5.69 Å². The molecule has 0 unspecified atom stereocenters. The molecule has 0 fully saturated rings. The van der Waals surface area contributed by atoms with Gasteiger partial charge >= 0.3 is 0 Å². The molecule has 0 aliphatic carbocycles. The van der Waals surface area contributed by atoms with E-state index >= 15 is 0 Å². The molecule has 21 heavy (non-hydrogen) atoms. The summed E-state index contributed by atoms with van der Waals surface area (Å²) in [5.74, 6) is 0. The van der Waals surface area contributed by atoms with Gasteiger partial charge in [-0.15, -0.1) is 0 Å². The first-order chi connectivity index (χ1) is 9.63. The second kappa shape index (κ2) is 5.30. The molecule has 0 atom stereocenters. The van der Waals surface area contributed by atoms with Crippen LogP contribution in [0.3, 0.4) is 0 Å². The zero-order valence-electron chi connectivity index (χ0n) is 13.9. The maximum atomic E-state index is 9.17. The lowest BCUT2D eigenvalue weighted by atomic mass is 9.88. The van der Waals surface area contributed by atoms with Crippen molar-refractivity contribution in [2.24, 2.45) is 0 Å².